The van der Waals surface area contributed by atoms with Crippen molar-refractivity contribution in [3.05, 3.63) is 22.2 Å². The minimum atomic E-state index is -0.431. The van der Waals surface area contributed by atoms with Crippen LogP contribution in [0.25, 0.3) is 0 Å². The maximum atomic E-state index is 11.6. The van der Waals surface area contributed by atoms with Crippen LogP contribution >= 0.6 is 23.2 Å². The van der Waals surface area contributed by atoms with Crippen LogP contribution in [0, 0.1) is 0 Å². The van der Waals surface area contributed by atoms with Crippen molar-refractivity contribution in [1.29, 1.82) is 0 Å². The van der Waals surface area contributed by atoms with Gasteiger partial charge in [-0.05, 0) is 19.1 Å². The zero-order valence-electron chi connectivity index (χ0n) is 10.2. The summed E-state index contributed by atoms with van der Waals surface area (Å²) >= 11 is 11.4. The lowest BCUT2D eigenvalue weighted by atomic mass is 10.2. The van der Waals surface area contributed by atoms with Crippen LogP contribution in [0.15, 0.2) is 12.1 Å². The number of esters is 1. The molecule has 19 heavy (non-hydrogen) atoms. The molecule has 0 fully saturated rings. The molecule has 1 aromatic carbocycles. The van der Waals surface area contributed by atoms with Gasteiger partial charge >= 0.3 is 5.97 Å². The zero-order chi connectivity index (χ0) is 14.4. The van der Waals surface area contributed by atoms with Gasteiger partial charge in [-0.1, -0.05) is 23.2 Å². The van der Waals surface area contributed by atoms with Crippen molar-refractivity contribution in [3.8, 4) is 5.75 Å². The maximum absolute atomic E-state index is 11.6. The van der Waals surface area contributed by atoms with Crippen LogP contribution in [-0.2, 0) is 14.3 Å². The summed E-state index contributed by atoms with van der Waals surface area (Å²) in [6.07, 6.45) is -0.00578. The highest BCUT2D eigenvalue weighted by molar-refractivity contribution is 6.37. The van der Waals surface area contributed by atoms with E-state index in [9.17, 15) is 14.7 Å². The Hall–Kier alpha value is -1.46. The fourth-order valence-electron chi connectivity index (χ4n) is 1.31. The predicted molar refractivity (Wildman–Crippen MR) is 72.6 cm³/mol. The number of amides is 1. The maximum Gasteiger partial charge on any atom is 0.306 e. The zero-order valence-corrected chi connectivity index (χ0v) is 11.7. The van der Waals surface area contributed by atoms with Crippen LogP contribution in [0.2, 0.25) is 10.0 Å². The van der Waals surface area contributed by atoms with Gasteiger partial charge in [0.25, 0.3) is 0 Å². The molecule has 1 rings (SSSR count). The fourth-order valence-corrected chi connectivity index (χ4v) is 1.80. The molecule has 1 amide bonds. The van der Waals surface area contributed by atoms with Gasteiger partial charge in [0.05, 0.1) is 23.1 Å². The number of carbonyl (C=O) groups excluding carboxylic acids is 2. The number of anilines is 1. The van der Waals surface area contributed by atoms with E-state index in [1.807, 2.05) is 0 Å². The summed E-state index contributed by atoms with van der Waals surface area (Å²) in [6.45, 7) is 1.97. The molecule has 0 saturated heterocycles. The first-order valence-corrected chi connectivity index (χ1v) is 6.33. The monoisotopic (exact) mass is 305 g/mol. The number of halogens is 2. The Labute approximate surface area is 120 Å². The van der Waals surface area contributed by atoms with Crippen molar-refractivity contribution in [1.82, 2.24) is 0 Å². The number of nitrogens with one attached hydrogen (secondary N) is 1. The van der Waals surface area contributed by atoms with E-state index in [4.69, 9.17) is 27.9 Å². The van der Waals surface area contributed by atoms with Crippen LogP contribution in [-0.4, -0.2) is 23.6 Å². The first-order valence-electron chi connectivity index (χ1n) is 5.57. The first-order chi connectivity index (χ1) is 8.93. The Bertz CT molecular complexity index is 468. The number of ether oxygens (including phenoxy) is 1. The highest BCUT2D eigenvalue weighted by atomic mass is 35.5. The Morgan fingerprint density at radius 3 is 2.37 bits per heavy atom. The lowest BCUT2D eigenvalue weighted by Crippen LogP contribution is -2.14. The smallest absolute Gasteiger partial charge is 0.306 e. The third kappa shape index (κ3) is 4.96. The van der Waals surface area contributed by atoms with Crippen LogP contribution in [0.4, 0.5) is 5.69 Å². The van der Waals surface area contributed by atoms with Gasteiger partial charge in [0, 0.05) is 12.1 Å². The minimum Gasteiger partial charge on any atom is -0.505 e. The van der Waals surface area contributed by atoms with E-state index in [0.29, 0.717) is 5.69 Å². The number of phenolic OH excluding ortho intramolecular Hbond substituents is 1. The lowest BCUT2D eigenvalue weighted by molar-refractivity contribution is -0.144. The van der Waals surface area contributed by atoms with Gasteiger partial charge < -0.3 is 15.2 Å². The quantitative estimate of drug-likeness (QED) is 0.648. The van der Waals surface area contributed by atoms with E-state index < -0.39 is 5.97 Å². The first kappa shape index (κ1) is 15.6. The number of rotatable bonds is 5. The molecule has 104 valence electrons. The Balaban J connectivity index is 2.55. The molecule has 5 nitrogen and oxygen atoms in total. The molecule has 0 unspecified atom stereocenters. The second-order valence-electron chi connectivity index (χ2n) is 3.64. The summed E-state index contributed by atoms with van der Waals surface area (Å²) in [5.41, 5.74) is 0.349. The minimum absolute atomic E-state index is 0.000773. The van der Waals surface area contributed by atoms with Crippen LogP contribution in [0.5, 0.6) is 5.75 Å². The van der Waals surface area contributed by atoms with Crippen LogP contribution < -0.4 is 5.32 Å². The highest BCUT2D eigenvalue weighted by Gasteiger charge is 2.11. The molecule has 0 aliphatic rings. The molecule has 2 N–H and O–H groups in total. The van der Waals surface area contributed by atoms with Crippen molar-refractivity contribution in [2.75, 3.05) is 11.9 Å². The van der Waals surface area contributed by atoms with Crippen molar-refractivity contribution in [3.63, 3.8) is 0 Å². The predicted octanol–water partition coefficient (Wildman–Crippen LogP) is 2.98. The van der Waals surface area contributed by atoms with Gasteiger partial charge in [0.1, 0.15) is 0 Å². The summed E-state index contributed by atoms with van der Waals surface area (Å²) in [7, 11) is 0. The van der Waals surface area contributed by atoms with E-state index in [1.165, 1.54) is 12.1 Å². The molecule has 7 heteroatoms. The van der Waals surface area contributed by atoms with Gasteiger partial charge in [-0.15, -0.1) is 0 Å². The summed E-state index contributed by atoms with van der Waals surface area (Å²) in [5.74, 6) is -1.04. The largest absolute Gasteiger partial charge is 0.505 e. The number of hydrogen-bond donors (Lipinski definition) is 2. The second kappa shape index (κ2) is 7.21. The molecular formula is C12H13Cl2NO4. The van der Waals surface area contributed by atoms with Crippen molar-refractivity contribution in [2.45, 2.75) is 19.8 Å². The highest BCUT2D eigenvalue weighted by Crippen LogP contribution is 2.34. The van der Waals surface area contributed by atoms with Gasteiger partial charge in [0.2, 0.25) is 5.91 Å². The van der Waals surface area contributed by atoms with Crippen molar-refractivity contribution in [2.24, 2.45) is 0 Å². The molecule has 0 heterocycles. The normalized spacial score (nSPS) is 10.1. The molecule has 0 bridgehead atoms. The average molecular weight is 306 g/mol. The second-order valence-corrected chi connectivity index (χ2v) is 4.46. The molecule has 0 saturated carbocycles. The van der Waals surface area contributed by atoms with Crippen LogP contribution in [0.3, 0.4) is 0 Å². The van der Waals surface area contributed by atoms with E-state index in [-0.39, 0.29) is 41.2 Å². The van der Waals surface area contributed by atoms with Crippen molar-refractivity contribution >= 4 is 40.8 Å². The number of hydrogen-bond acceptors (Lipinski definition) is 4. The van der Waals surface area contributed by atoms with E-state index in [1.54, 1.807) is 6.92 Å². The summed E-state index contributed by atoms with van der Waals surface area (Å²) in [6, 6.07) is 2.73. The fraction of sp³-hybridized carbons (Fsp3) is 0.333. The van der Waals surface area contributed by atoms with Gasteiger partial charge in [-0.3, -0.25) is 9.59 Å². The topological polar surface area (TPSA) is 75.6 Å². The van der Waals surface area contributed by atoms with E-state index in [2.05, 4.69) is 5.32 Å². The number of carbonyl (C=O) groups is 2. The SMILES string of the molecule is CCOC(=O)CCC(=O)Nc1cc(Cl)c(O)c(Cl)c1. The lowest BCUT2D eigenvalue weighted by Gasteiger charge is -2.07. The number of benzene rings is 1. The van der Waals surface area contributed by atoms with Gasteiger partial charge in [-0.2, -0.15) is 0 Å². The summed E-state index contributed by atoms with van der Waals surface area (Å²) in [4.78, 5) is 22.6. The Kier molecular flexibility index (Phi) is 5.92. The van der Waals surface area contributed by atoms with E-state index >= 15 is 0 Å². The third-order valence-corrected chi connectivity index (χ3v) is 2.74. The molecule has 0 aliphatic carbocycles. The number of phenols is 1. The Morgan fingerprint density at radius 2 is 1.84 bits per heavy atom. The molecule has 0 atom stereocenters. The molecule has 1 aromatic rings. The average Bonchev–Trinajstić information content (AvgIpc) is 2.34. The standard InChI is InChI=1S/C12H13Cl2NO4/c1-2-19-11(17)4-3-10(16)15-7-5-8(13)12(18)9(14)6-7/h5-6,18H,2-4H2,1H3,(H,15,16). The number of aromatic hydroxyl groups is 1. The Morgan fingerprint density at radius 1 is 1.26 bits per heavy atom. The van der Waals surface area contributed by atoms with Crippen LogP contribution in [0.1, 0.15) is 19.8 Å². The summed E-state index contributed by atoms with van der Waals surface area (Å²) in [5, 5.41) is 12.0. The van der Waals surface area contributed by atoms with Gasteiger partial charge in [-0.25, -0.2) is 0 Å². The van der Waals surface area contributed by atoms with Crippen molar-refractivity contribution < 1.29 is 19.4 Å². The molecule has 0 radical (unpaired) electrons. The molecule has 0 aliphatic heterocycles. The summed E-state index contributed by atoms with van der Waals surface area (Å²) < 4.78 is 4.70. The van der Waals surface area contributed by atoms with Gasteiger partial charge in [0.15, 0.2) is 5.75 Å². The molecular weight excluding hydrogens is 293 g/mol. The molecule has 0 spiro atoms. The van der Waals surface area contributed by atoms with E-state index in [0.717, 1.165) is 0 Å². The third-order valence-electron chi connectivity index (χ3n) is 2.16. The molecule has 0 aromatic heterocycles.